The summed E-state index contributed by atoms with van der Waals surface area (Å²) >= 11 is 0. The fraction of sp³-hybridized carbons (Fsp3) is 0.333. The van der Waals surface area contributed by atoms with Gasteiger partial charge in [-0.25, -0.2) is 10.2 Å². The Morgan fingerprint density at radius 3 is 2.47 bits per heavy atom. The first-order valence-corrected chi connectivity index (χ1v) is 4.71. The van der Waals surface area contributed by atoms with Gasteiger partial charge < -0.3 is 5.73 Å². The smallest absolute Gasteiger partial charge is 0.332 e. The second kappa shape index (κ2) is 4.64. The van der Waals surface area contributed by atoms with E-state index in [1.165, 1.54) is 21.0 Å². The van der Waals surface area contributed by atoms with Gasteiger partial charge in [-0.3, -0.25) is 18.7 Å². The summed E-state index contributed by atoms with van der Waals surface area (Å²) in [5.41, 5.74) is 6.71. The lowest BCUT2D eigenvalue weighted by Crippen LogP contribution is -2.40. The Hall–Kier alpha value is -2.38. The Bertz CT molecular complexity index is 596. The molecule has 8 heteroatoms. The van der Waals surface area contributed by atoms with Crippen LogP contribution in [-0.2, 0) is 18.9 Å². The second-order valence-electron chi connectivity index (χ2n) is 3.43. The van der Waals surface area contributed by atoms with Gasteiger partial charge in [0.1, 0.15) is 11.4 Å². The SMILES string of the molecule is CC(=O)N/N=C/c1c(N)n(C)c(=O)n(C)c1=O. The molecule has 0 saturated heterocycles. The van der Waals surface area contributed by atoms with Crippen molar-refractivity contribution < 1.29 is 4.79 Å². The molecule has 0 aromatic carbocycles. The van der Waals surface area contributed by atoms with E-state index < -0.39 is 11.2 Å². The molecule has 17 heavy (non-hydrogen) atoms. The molecule has 1 aromatic rings. The van der Waals surface area contributed by atoms with Crippen molar-refractivity contribution in [3.05, 3.63) is 26.4 Å². The Kier molecular flexibility index (Phi) is 3.46. The highest BCUT2D eigenvalue weighted by molar-refractivity contribution is 5.86. The van der Waals surface area contributed by atoms with Crippen molar-refractivity contribution in [3.63, 3.8) is 0 Å². The zero-order chi connectivity index (χ0) is 13.2. The fourth-order valence-corrected chi connectivity index (χ4v) is 1.19. The Morgan fingerprint density at radius 2 is 1.94 bits per heavy atom. The van der Waals surface area contributed by atoms with E-state index in [1.54, 1.807) is 0 Å². The summed E-state index contributed by atoms with van der Waals surface area (Å²) in [6.07, 6.45) is 1.11. The molecule has 0 aliphatic carbocycles. The number of nitrogens with zero attached hydrogens (tertiary/aromatic N) is 3. The topological polar surface area (TPSA) is 111 Å². The van der Waals surface area contributed by atoms with Crippen molar-refractivity contribution in [2.75, 3.05) is 5.73 Å². The number of nitrogen functional groups attached to an aromatic ring is 1. The molecule has 92 valence electrons. The minimum absolute atomic E-state index is 0.00722. The minimum atomic E-state index is -0.570. The van der Waals surface area contributed by atoms with E-state index in [9.17, 15) is 14.4 Å². The molecule has 0 unspecified atom stereocenters. The van der Waals surface area contributed by atoms with E-state index in [-0.39, 0.29) is 17.3 Å². The van der Waals surface area contributed by atoms with Gasteiger partial charge in [-0.05, 0) is 0 Å². The van der Waals surface area contributed by atoms with Crippen molar-refractivity contribution in [1.82, 2.24) is 14.6 Å². The largest absolute Gasteiger partial charge is 0.384 e. The summed E-state index contributed by atoms with van der Waals surface area (Å²) in [7, 11) is 2.77. The summed E-state index contributed by atoms with van der Waals surface area (Å²) < 4.78 is 2.03. The van der Waals surface area contributed by atoms with Gasteiger partial charge in [0.15, 0.2) is 0 Å². The van der Waals surface area contributed by atoms with E-state index in [0.29, 0.717) is 0 Å². The number of aromatic nitrogens is 2. The molecule has 0 saturated carbocycles. The lowest BCUT2D eigenvalue weighted by atomic mass is 10.3. The van der Waals surface area contributed by atoms with Crippen molar-refractivity contribution in [2.24, 2.45) is 19.2 Å². The highest BCUT2D eigenvalue weighted by Gasteiger charge is 2.10. The van der Waals surface area contributed by atoms with Crippen LogP contribution >= 0.6 is 0 Å². The zero-order valence-corrected chi connectivity index (χ0v) is 9.72. The van der Waals surface area contributed by atoms with Crippen LogP contribution in [0.15, 0.2) is 14.7 Å². The Labute approximate surface area is 96.4 Å². The number of anilines is 1. The molecule has 0 radical (unpaired) electrons. The predicted molar refractivity (Wildman–Crippen MR) is 62.7 cm³/mol. The van der Waals surface area contributed by atoms with Gasteiger partial charge in [0, 0.05) is 21.0 Å². The van der Waals surface area contributed by atoms with Gasteiger partial charge in [0.05, 0.1) is 6.21 Å². The second-order valence-corrected chi connectivity index (χ2v) is 3.43. The lowest BCUT2D eigenvalue weighted by Gasteiger charge is -2.08. The van der Waals surface area contributed by atoms with E-state index >= 15 is 0 Å². The van der Waals surface area contributed by atoms with E-state index in [1.807, 2.05) is 0 Å². The van der Waals surface area contributed by atoms with Crippen LogP contribution in [0.25, 0.3) is 0 Å². The summed E-state index contributed by atoms with van der Waals surface area (Å²) in [6.45, 7) is 1.28. The molecule has 0 atom stereocenters. The van der Waals surface area contributed by atoms with Crippen molar-refractivity contribution >= 4 is 17.9 Å². The highest BCUT2D eigenvalue weighted by atomic mass is 16.2. The lowest BCUT2D eigenvalue weighted by molar-refractivity contribution is -0.118. The Balaban J connectivity index is 3.35. The third-order valence-electron chi connectivity index (χ3n) is 2.16. The van der Waals surface area contributed by atoms with E-state index in [0.717, 1.165) is 15.3 Å². The molecule has 1 aromatic heterocycles. The third-order valence-corrected chi connectivity index (χ3v) is 2.16. The molecular weight excluding hydrogens is 226 g/mol. The van der Waals surface area contributed by atoms with Crippen LogP contribution in [0.1, 0.15) is 12.5 Å². The normalized spacial score (nSPS) is 10.8. The fourth-order valence-electron chi connectivity index (χ4n) is 1.19. The molecular formula is C9H13N5O3. The van der Waals surface area contributed by atoms with Crippen LogP contribution < -0.4 is 22.4 Å². The zero-order valence-electron chi connectivity index (χ0n) is 9.72. The average molecular weight is 239 g/mol. The first-order chi connectivity index (χ1) is 7.86. The van der Waals surface area contributed by atoms with Crippen molar-refractivity contribution in [3.8, 4) is 0 Å². The number of nitrogens with one attached hydrogen (secondary N) is 1. The molecule has 1 heterocycles. The number of amides is 1. The number of carbonyl (C=O) groups excluding carboxylic acids is 1. The quantitative estimate of drug-likeness (QED) is 0.465. The molecule has 0 aliphatic rings. The first-order valence-electron chi connectivity index (χ1n) is 4.71. The maximum absolute atomic E-state index is 11.7. The molecule has 0 spiro atoms. The van der Waals surface area contributed by atoms with Crippen molar-refractivity contribution in [2.45, 2.75) is 6.92 Å². The summed E-state index contributed by atoms with van der Waals surface area (Å²) in [5.74, 6) is -0.381. The van der Waals surface area contributed by atoms with Crippen LogP contribution in [0.4, 0.5) is 5.82 Å². The summed E-state index contributed by atoms with van der Waals surface area (Å²) in [5, 5.41) is 3.54. The number of hydrogen-bond donors (Lipinski definition) is 2. The van der Waals surface area contributed by atoms with Gasteiger partial charge in [-0.2, -0.15) is 5.10 Å². The standard InChI is InChI=1S/C9H13N5O3/c1-5(15)12-11-4-6-7(10)13(2)9(17)14(3)8(6)16/h4H,10H2,1-3H3,(H,12,15)/b11-4+. The van der Waals surface area contributed by atoms with Gasteiger partial charge >= 0.3 is 5.69 Å². The molecule has 1 amide bonds. The van der Waals surface area contributed by atoms with E-state index in [2.05, 4.69) is 10.5 Å². The number of rotatable bonds is 2. The molecule has 0 aliphatic heterocycles. The van der Waals surface area contributed by atoms with Crippen LogP contribution in [0, 0.1) is 0 Å². The number of hydrazone groups is 1. The molecule has 3 N–H and O–H groups in total. The average Bonchev–Trinajstić information content (AvgIpc) is 2.28. The van der Waals surface area contributed by atoms with Crippen LogP contribution in [0.2, 0.25) is 0 Å². The maximum atomic E-state index is 11.7. The van der Waals surface area contributed by atoms with Crippen molar-refractivity contribution in [1.29, 1.82) is 0 Å². The molecule has 0 fully saturated rings. The Morgan fingerprint density at radius 1 is 1.35 bits per heavy atom. The van der Waals surface area contributed by atoms with Gasteiger partial charge in [0.25, 0.3) is 5.56 Å². The molecule has 0 bridgehead atoms. The van der Waals surface area contributed by atoms with Crippen LogP contribution in [0.3, 0.4) is 0 Å². The number of carbonyl (C=O) groups is 1. The van der Waals surface area contributed by atoms with E-state index in [4.69, 9.17) is 5.73 Å². The minimum Gasteiger partial charge on any atom is -0.384 e. The number of nitrogens with two attached hydrogens (primary N) is 1. The predicted octanol–water partition coefficient (Wildman–Crippen LogP) is -1.86. The van der Waals surface area contributed by atoms with Gasteiger partial charge in [-0.1, -0.05) is 0 Å². The maximum Gasteiger partial charge on any atom is 0.332 e. The van der Waals surface area contributed by atoms with Crippen LogP contribution in [0.5, 0.6) is 0 Å². The molecule has 1 rings (SSSR count). The summed E-state index contributed by atoms with van der Waals surface area (Å²) in [4.78, 5) is 33.8. The highest BCUT2D eigenvalue weighted by Crippen LogP contribution is 1.98. The number of hydrogen-bond acceptors (Lipinski definition) is 5. The summed E-state index contributed by atoms with van der Waals surface area (Å²) in [6, 6.07) is 0. The van der Waals surface area contributed by atoms with Gasteiger partial charge in [-0.15, -0.1) is 0 Å². The first kappa shape index (κ1) is 12.7. The third kappa shape index (κ3) is 2.41. The monoisotopic (exact) mass is 239 g/mol. The molecule has 8 nitrogen and oxygen atoms in total. The van der Waals surface area contributed by atoms with Crippen LogP contribution in [-0.4, -0.2) is 21.3 Å². The van der Waals surface area contributed by atoms with Gasteiger partial charge in [0.2, 0.25) is 5.91 Å².